The zero-order valence-corrected chi connectivity index (χ0v) is 16.6. The molecule has 3 rings (SSSR count). The molecule has 4 nitrogen and oxygen atoms in total. The van der Waals surface area contributed by atoms with Gasteiger partial charge in [-0.15, -0.1) is 15.0 Å². The molecular formula is C22H28N3O. The molecule has 2 aromatic carbocycles. The third-order valence-corrected chi connectivity index (χ3v) is 5.85. The summed E-state index contributed by atoms with van der Waals surface area (Å²) in [7, 11) is 0. The Kier molecular flexibility index (Phi) is 4.55. The van der Waals surface area contributed by atoms with Crippen LogP contribution in [-0.4, -0.2) is 15.0 Å². The molecule has 0 aliphatic carbocycles. The first kappa shape index (κ1) is 18.4. The normalized spacial score (nSPS) is 12.7. The van der Waals surface area contributed by atoms with Gasteiger partial charge in [0.2, 0.25) is 5.75 Å². The highest BCUT2D eigenvalue weighted by Gasteiger charge is 2.30. The van der Waals surface area contributed by atoms with Crippen LogP contribution in [-0.2, 0) is 15.9 Å². The van der Waals surface area contributed by atoms with Crippen molar-refractivity contribution in [2.45, 2.75) is 65.2 Å². The molecule has 1 heterocycles. The number of hydrogen-bond acceptors (Lipinski definition) is 2. The maximum atomic E-state index is 13.3. The van der Waals surface area contributed by atoms with Crippen LogP contribution in [0.3, 0.4) is 0 Å². The zero-order chi connectivity index (χ0) is 19.1. The molecule has 26 heavy (non-hydrogen) atoms. The number of hydrogen-bond donors (Lipinski definition) is 0. The van der Waals surface area contributed by atoms with Crippen molar-refractivity contribution in [3.63, 3.8) is 0 Å². The van der Waals surface area contributed by atoms with Crippen molar-refractivity contribution >= 4 is 11.0 Å². The van der Waals surface area contributed by atoms with Crippen LogP contribution in [0, 0.1) is 0 Å². The Morgan fingerprint density at radius 2 is 1.42 bits per heavy atom. The van der Waals surface area contributed by atoms with Crippen LogP contribution < -0.4 is 0 Å². The van der Waals surface area contributed by atoms with E-state index in [4.69, 9.17) is 0 Å². The molecule has 1 radical (unpaired) electrons. The van der Waals surface area contributed by atoms with Gasteiger partial charge >= 0.3 is 0 Å². The Morgan fingerprint density at radius 1 is 0.885 bits per heavy atom. The van der Waals surface area contributed by atoms with E-state index in [0.29, 0.717) is 5.69 Å². The lowest BCUT2D eigenvalue weighted by molar-refractivity contribution is 0.331. The van der Waals surface area contributed by atoms with Crippen molar-refractivity contribution in [3.8, 4) is 11.4 Å². The lowest BCUT2D eigenvalue weighted by atomic mass is 9.76. The van der Waals surface area contributed by atoms with Crippen molar-refractivity contribution < 1.29 is 5.11 Å². The molecule has 0 aliphatic heterocycles. The summed E-state index contributed by atoms with van der Waals surface area (Å²) in [6.07, 6.45) is 1.89. The summed E-state index contributed by atoms with van der Waals surface area (Å²) in [5.41, 5.74) is 3.91. The molecule has 0 spiro atoms. The van der Waals surface area contributed by atoms with Crippen LogP contribution in [0.1, 0.15) is 65.5 Å². The molecule has 0 saturated carbocycles. The highest BCUT2D eigenvalue weighted by Crippen LogP contribution is 2.41. The molecule has 0 aliphatic rings. The van der Waals surface area contributed by atoms with Gasteiger partial charge in [0, 0.05) is 5.56 Å². The Labute approximate surface area is 155 Å². The predicted molar refractivity (Wildman–Crippen MR) is 106 cm³/mol. The van der Waals surface area contributed by atoms with Gasteiger partial charge in [-0.05, 0) is 47.4 Å². The Morgan fingerprint density at radius 3 is 1.92 bits per heavy atom. The van der Waals surface area contributed by atoms with E-state index in [1.807, 2.05) is 30.3 Å². The van der Waals surface area contributed by atoms with Crippen LogP contribution in [0.25, 0.3) is 16.7 Å². The summed E-state index contributed by atoms with van der Waals surface area (Å²) < 4.78 is 0. The van der Waals surface area contributed by atoms with Crippen molar-refractivity contribution in [2.75, 3.05) is 0 Å². The van der Waals surface area contributed by atoms with Crippen molar-refractivity contribution in [1.29, 1.82) is 0 Å². The van der Waals surface area contributed by atoms with Crippen LogP contribution >= 0.6 is 0 Å². The summed E-state index contributed by atoms with van der Waals surface area (Å²) in [5.74, 6) is 0.0211. The monoisotopic (exact) mass is 350 g/mol. The second kappa shape index (κ2) is 6.42. The minimum absolute atomic E-state index is 0.0202. The minimum atomic E-state index is -0.196. The molecule has 0 bridgehead atoms. The maximum absolute atomic E-state index is 13.3. The summed E-state index contributed by atoms with van der Waals surface area (Å²) in [6, 6.07) is 11.8. The van der Waals surface area contributed by atoms with Crippen LogP contribution in [0.2, 0.25) is 0 Å². The molecular weight excluding hydrogens is 322 g/mol. The van der Waals surface area contributed by atoms with Gasteiger partial charge in [-0.2, -0.15) is 0 Å². The first-order valence-corrected chi connectivity index (χ1v) is 9.38. The Hall–Kier alpha value is -2.36. The number of benzene rings is 2. The largest absolute Gasteiger partial charge is 0.287 e. The third kappa shape index (κ3) is 3.09. The van der Waals surface area contributed by atoms with Crippen molar-refractivity contribution in [3.05, 3.63) is 47.5 Å². The van der Waals surface area contributed by atoms with E-state index in [1.54, 1.807) is 0 Å². The average Bonchev–Trinajstić information content (AvgIpc) is 3.05. The van der Waals surface area contributed by atoms with Crippen LogP contribution in [0.4, 0.5) is 0 Å². The molecule has 0 saturated heterocycles. The van der Waals surface area contributed by atoms with Crippen LogP contribution in [0.15, 0.2) is 36.4 Å². The molecule has 0 unspecified atom stereocenters. The fourth-order valence-electron chi connectivity index (χ4n) is 3.02. The summed E-state index contributed by atoms with van der Waals surface area (Å²) in [4.78, 5) is 1.51. The van der Waals surface area contributed by atoms with Crippen LogP contribution in [0.5, 0.6) is 5.75 Å². The second-order valence-corrected chi connectivity index (χ2v) is 8.33. The SMILES string of the molecule is CCC(C)(C)c1cc(-n2nc3ccccc3n2)c([O])c(C(C)(C)CC)c1. The Bertz CT molecular complexity index is 905. The van der Waals surface area contributed by atoms with Gasteiger partial charge in [-0.3, -0.25) is 5.11 Å². The molecule has 0 fully saturated rings. The first-order chi connectivity index (χ1) is 12.2. The first-order valence-electron chi connectivity index (χ1n) is 9.38. The van der Waals surface area contributed by atoms with E-state index >= 15 is 0 Å². The number of nitrogens with zero attached hydrogens (tertiary/aromatic N) is 3. The number of rotatable bonds is 5. The molecule has 3 aromatic rings. The number of fused-ring (bicyclic) bond motifs is 1. The average molecular weight is 350 g/mol. The standard InChI is InChI=1S/C22H28N3O/c1-7-21(3,4)15-13-16(22(5,6)8-2)20(26)19(14-15)25-23-17-11-9-10-12-18(17)24-25/h9-14H,7-8H2,1-6H3. The quantitative estimate of drug-likeness (QED) is 0.572. The topological polar surface area (TPSA) is 50.6 Å². The minimum Gasteiger partial charge on any atom is -0.287 e. The number of aromatic nitrogens is 3. The molecule has 1 aromatic heterocycles. The second-order valence-electron chi connectivity index (χ2n) is 8.33. The van der Waals surface area contributed by atoms with E-state index in [-0.39, 0.29) is 16.6 Å². The zero-order valence-electron chi connectivity index (χ0n) is 16.6. The smallest absolute Gasteiger partial charge is 0.209 e. The highest BCUT2D eigenvalue weighted by atomic mass is 16.3. The van der Waals surface area contributed by atoms with Gasteiger partial charge in [-0.1, -0.05) is 59.7 Å². The van der Waals surface area contributed by atoms with Gasteiger partial charge in [0.25, 0.3) is 0 Å². The van der Waals surface area contributed by atoms with Crippen molar-refractivity contribution in [1.82, 2.24) is 15.0 Å². The fourth-order valence-corrected chi connectivity index (χ4v) is 3.02. The molecule has 0 N–H and O–H groups in total. The van der Waals surface area contributed by atoms with E-state index in [0.717, 1.165) is 35.0 Å². The van der Waals surface area contributed by atoms with Gasteiger partial charge in [0.1, 0.15) is 16.7 Å². The van der Waals surface area contributed by atoms with Gasteiger partial charge in [-0.25, -0.2) is 0 Å². The van der Waals surface area contributed by atoms with Gasteiger partial charge in [0.05, 0.1) is 0 Å². The molecule has 0 amide bonds. The predicted octanol–water partition coefficient (Wildman–Crippen LogP) is 5.94. The molecule has 4 heteroatoms. The summed E-state index contributed by atoms with van der Waals surface area (Å²) in [5, 5.41) is 22.4. The van der Waals surface area contributed by atoms with Gasteiger partial charge in [0.15, 0.2) is 0 Å². The maximum Gasteiger partial charge on any atom is 0.209 e. The lowest BCUT2D eigenvalue weighted by Gasteiger charge is -2.29. The molecule has 0 atom stereocenters. The summed E-state index contributed by atoms with van der Waals surface area (Å²) in [6.45, 7) is 13.0. The lowest BCUT2D eigenvalue weighted by Crippen LogP contribution is -2.21. The summed E-state index contributed by atoms with van der Waals surface area (Å²) >= 11 is 0. The highest BCUT2D eigenvalue weighted by molar-refractivity contribution is 5.73. The fraction of sp³-hybridized carbons (Fsp3) is 0.455. The van der Waals surface area contributed by atoms with Crippen molar-refractivity contribution in [2.24, 2.45) is 0 Å². The third-order valence-electron chi connectivity index (χ3n) is 5.85. The van der Waals surface area contributed by atoms with E-state index in [1.165, 1.54) is 4.80 Å². The van der Waals surface area contributed by atoms with Gasteiger partial charge < -0.3 is 0 Å². The van der Waals surface area contributed by atoms with E-state index < -0.39 is 0 Å². The van der Waals surface area contributed by atoms with E-state index in [2.05, 4.69) is 57.8 Å². The molecule has 137 valence electrons. The Balaban J connectivity index is 2.29. The van der Waals surface area contributed by atoms with E-state index in [9.17, 15) is 5.11 Å².